The second kappa shape index (κ2) is 8.73. The van der Waals surface area contributed by atoms with Gasteiger partial charge in [-0.3, -0.25) is 9.59 Å². The van der Waals surface area contributed by atoms with Crippen molar-refractivity contribution in [2.24, 2.45) is 5.10 Å². The number of carbonyl (C=O) groups excluding carboxylic acids is 2. The first-order valence-corrected chi connectivity index (χ1v) is 8.94. The van der Waals surface area contributed by atoms with Crippen LogP contribution in [0.15, 0.2) is 70.4 Å². The van der Waals surface area contributed by atoms with Gasteiger partial charge < -0.3 is 9.73 Å². The van der Waals surface area contributed by atoms with Gasteiger partial charge in [-0.2, -0.15) is 5.10 Å². The van der Waals surface area contributed by atoms with Gasteiger partial charge in [-0.1, -0.05) is 35.3 Å². The molecule has 3 aromatic rings. The Balaban J connectivity index is 1.64. The van der Waals surface area contributed by atoms with Crippen molar-refractivity contribution in [1.82, 2.24) is 5.43 Å². The summed E-state index contributed by atoms with van der Waals surface area (Å²) in [5, 5.41) is 7.55. The highest BCUT2D eigenvalue weighted by atomic mass is 35.5. The van der Waals surface area contributed by atoms with E-state index in [0.717, 1.165) is 5.56 Å². The van der Waals surface area contributed by atoms with Gasteiger partial charge in [0.1, 0.15) is 0 Å². The zero-order valence-corrected chi connectivity index (χ0v) is 16.2. The molecular weight excluding hydrogens is 401 g/mol. The highest BCUT2D eigenvalue weighted by Gasteiger charge is 2.11. The van der Waals surface area contributed by atoms with E-state index < -0.39 is 5.91 Å². The van der Waals surface area contributed by atoms with Gasteiger partial charge in [-0.25, -0.2) is 5.43 Å². The molecule has 3 rings (SSSR count). The minimum Gasteiger partial charge on any atom is -0.459 e. The number of benzene rings is 2. The molecule has 0 atom stereocenters. The molecule has 0 radical (unpaired) electrons. The third kappa shape index (κ3) is 4.79. The quantitative estimate of drug-likeness (QED) is 0.454. The third-order valence-electron chi connectivity index (χ3n) is 3.81. The number of hydrogen-bond acceptors (Lipinski definition) is 4. The highest BCUT2D eigenvalue weighted by molar-refractivity contribution is 6.37. The monoisotopic (exact) mass is 415 g/mol. The van der Waals surface area contributed by atoms with Gasteiger partial charge in [0.05, 0.1) is 22.6 Å². The van der Waals surface area contributed by atoms with Crippen molar-refractivity contribution >= 4 is 46.4 Å². The van der Waals surface area contributed by atoms with E-state index >= 15 is 0 Å². The number of carbonyl (C=O) groups is 2. The lowest BCUT2D eigenvalue weighted by Crippen LogP contribution is -2.18. The van der Waals surface area contributed by atoms with E-state index in [9.17, 15) is 9.59 Å². The van der Waals surface area contributed by atoms with Gasteiger partial charge >= 0.3 is 5.91 Å². The predicted molar refractivity (Wildman–Crippen MR) is 109 cm³/mol. The van der Waals surface area contributed by atoms with Crippen LogP contribution in [0.25, 0.3) is 0 Å². The smallest absolute Gasteiger partial charge is 0.307 e. The average molecular weight is 416 g/mol. The molecule has 0 aliphatic carbocycles. The van der Waals surface area contributed by atoms with Crippen molar-refractivity contribution in [1.29, 1.82) is 0 Å². The zero-order valence-electron chi connectivity index (χ0n) is 14.7. The van der Waals surface area contributed by atoms with Gasteiger partial charge in [-0.05, 0) is 55.0 Å². The molecule has 0 fully saturated rings. The summed E-state index contributed by atoms with van der Waals surface area (Å²) in [4.78, 5) is 24.2. The first-order valence-electron chi connectivity index (χ1n) is 8.19. The number of hydrazone groups is 1. The molecule has 2 amide bonds. The summed E-state index contributed by atoms with van der Waals surface area (Å²) < 4.78 is 5.00. The van der Waals surface area contributed by atoms with E-state index in [0.29, 0.717) is 22.0 Å². The minimum atomic E-state index is -0.437. The van der Waals surface area contributed by atoms with E-state index in [-0.39, 0.29) is 16.7 Å². The van der Waals surface area contributed by atoms with E-state index in [2.05, 4.69) is 15.8 Å². The third-order valence-corrected chi connectivity index (χ3v) is 4.35. The number of amides is 2. The molecule has 1 heterocycles. The zero-order chi connectivity index (χ0) is 20.1. The van der Waals surface area contributed by atoms with E-state index in [1.165, 1.54) is 12.3 Å². The van der Waals surface area contributed by atoms with E-state index in [1.54, 1.807) is 55.5 Å². The molecule has 8 heteroatoms. The summed E-state index contributed by atoms with van der Waals surface area (Å²) in [6.45, 7) is 1.75. The lowest BCUT2D eigenvalue weighted by molar-refractivity contribution is 0.0926. The van der Waals surface area contributed by atoms with Gasteiger partial charge in [0.15, 0.2) is 5.76 Å². The van der Waals surface area contributed by atoms with Crippen molar-refractivity contribution in [3.05, 3.63) is 87.8 Å². The van der Waals surface area contributed by atoms with Crippen LogP contribution in [-0.2, 0) is 0 Å². The standard InChI is InChI=1S/C20H15Cl2N3O3/c1-12(24-25-20(27)18-3-2-10-28-18)13-4-7-15(8-5-13)23-19(26)16-9-6-14(21)11-17(16)22/h2-11H,1H3,(H,23,26)(H,25,27)/b24-12+. The largest absolute Gasteiger partial charge is 0.459 e. The summed E-state index contributed by atoms with van der Waals surface area (Å²) in [6, 6.07) is 14.8. The highest BCUT2D eigenvalue weighted by Crippen LogP contribution is 2.22. The number of nitrogens with zero attached hydrogens (tertiary/aromatic N) is 1. The van der Waals surface area contributed by atoms with Gasteiger partial charge in [0.25, 0.3) is 5.91 Å². The van der Waals surface area contributed by atoms with Gasteiger partial charge in [0.2, 0.25) is 0 Å². The maximum absolute atomic E-state index is 12.3. The average Bonchev–Trinajstić information content (AvgIpc) is 3.21. The summed E-state index contributed by atoms with van der Waals surface area (Å²) in [6.07, 6.45) is 1.41. The molecule has 28 heavy (non-hydrogen) atoms. The van der Waals surface area contributed by atoms with Gasteiger partial charge in [-0.15, -0.1) is 0 Å². The second-order valence-electron chi connectivity index (χ2n) is 5.77. The molecule has 0 aliphatic rings. The van der Waals surface area contributed by atoms with Crippen LogP contribution in [0.5, 0.6) is 0 Å². The Morgan fingerprint density at radius 2 is 1.75 bits per heavy atom. The van der Waals surface area contributed by atoms with Crippen LogP contribution in [0.3, 0.4) is 0 Å². The molecule has 6 nitrogen and oxygen atoms in total. The van der Waals surface area contributed by atoms with Crippen LogP contribution >= 0.6 is 23.2 Å². The second-order valence-corrected chi connectivity index (χ2v) is 6.61. The fourth-order valence-electron chi connectivity index (χ4n) is 2.33. The van der Waals surface area contributed by atoms with Gasteiger partial charge in [0, 0.05) is 10.7 Å². The number of hydrogen-bond donors (Lipinski definition) is 2. The first-order chi connectivity index (χ1) is 13.4. The Morgan fingerprint density at radius 3 is 2.39 bits per heavy atom. The number of nitrogens with one attached hydrogen (secondary N) is 2. The molecule has 2 aromatic carbocycles. The summed E-state index contributed by atoms with van der Waals surface area (Å²) in [7, 11) is 0. The van der Waals surface area contributed by atoms with Crippen LogP contribution in [0, 0.1) is 0 Å². The predicted octanol–water partition coefficient (Wildman–Crippen LogP) is 4.99. The Morgan fingerprint density at radius 1 is 1.00 bits per heavy atom. The van der Waals surface area contributed by atoms with E-state index in [4.69, 9.17) is 27.6 Å². The summed E-state index contributed by atoms with van der Waals surface area (Å²) in [5.74, 6) is -0.603. The molecule has 0 unspecified atom stereocenters. The normalized spacial score (nSPS) is 11.2. The molecule has 0 saturated heterocycles. The molecule has 2 N–H and O–H groups in total. The molecule has 1 aromatic heterocycles. The number of rotatable bonds is 5. The molecule has 0 saturated carbocycles. The van der Waals surface area contributed by atoms with E-state index in [1.807, 2.05) is 0 Å². The Bertz CT molecular complexity index is 1030. The van der Waals surface area contributed by atoms with Crippen molar-refractivity contribution in [3.8, 4) is 0 Å². The topological polar surface area (TPSA) is 83.7 Å². The molecule has 142 valence electrons. The van der Waals surface area contributed by atoms with Crippen molar-refractivity contribution in [2.45, 2.75) is 6.92 Å². The van der Waals surface area contributed by atoms with Crippen molar-refractivity contribution in [3.63, 3.8) is 0 Å². The number of anilines is 1. The van der Waals surface area contributed by atoms with Crippen LogP contribution in [-0.4, -0.2) is 17.5 Å². The SMILES string of the molecule is C/C(=N\NC(=O)c1ccco1)c1ccc(NC(=O)c2ccc(Cl)cc2Cl)cc1. The van der Waals surface area contributed by atoms with Crippen LogP contribution in [0.4, 0.5) is 5.69 Å². The molecule has 0 aliphatic heterocycles. The van der Waals surface area contributed by atoms with Crippen molar-refractivity contribution in [2.75, 3.05) is 5.32 Å². The molecule has 0 spiro atoms. The fraction of sp³-hybridized carbons (Fsp3) is 0.0500. The maximum atomic E-state index is 12.3. The van der Waals surface area contributed by atoms with Crippen molar-refractivity contribution < 1.29 is 14.0 Å². The maximum Gasteiger partial charge on any atom is 0.307 e. The molecular formula is C20H15Cl2N3O3. The lowest BCUT2D eigenvalue weighted by atomic mass is 10.1. The number of halogens is 2. The Labute approximate surface area is 171 Å². The fourth-order valence-corrected chi connectivity index (χ4v) is 2.82. The lowest BCUT2D eigenvalue weighted by Gasteiger charge is -2.08. The van der Waals surface area contributed by atoms with Crippen LogP contribution in [0.2, 0.25) is 10.0 Å². The first kappa shape index (κ1) is 19.7. The van der Waals surface area contributed by atoms with Crippen LogP contribution < -0.4 is 10.7 Å². The summed E-state index contributed by atoms with van der Waals surface area (Å²) >= 11 is 11.9. The van der Waals surface area contributed by atoms with Crippen LogP contribution in [0.1, 0.15) is 33.4 Å². The molecule has 0 bridgehead atoms. The Kier molecular flexibility index (Phi) is 6.13. The summed E-state index contributed by atoms with van der Waals surface area (Å²) in [5.41, 5.74) is 4.72. The number of furan rings is 1. The minimum absolute atomic E-state index is 0.176. The Hall–Kier alpha value is -3.09.